The minimum Gasteiger partial charge on any atom is -0.449 e. The number of piperidine rings is 1. The van der Waals surface area contributed by atoms with Gasteiger partial charge in [-0.3, -0.25) is 10.1 Å². The van der Waals surface area contributed by atoms with E-state index >= 15 is 0 Å². The van der Waals surface area contributed by atoms with Gasteiger partial charge in [0.25, 0.3) is 0 Å². The second-order valence-corrected chi connectivity index (χ2v) is 9.44. The van der Waals surface area contributed by atoms with Crippen LogP contribution in [0, 0.1) is 5.92 Å². The monoisotopic (exact) mass is 509 g/mol. The number of anilines is 1. The molecule has 0 spiro atoms. The first kappa shape index (κ1) is 27.1. The predicted octanol–water partition coefficient (Wildman–Crippen LogP) is 5.56. The number of alkyl halides is 6. The summed E-state index contributed by atoms with van der Waals surface area (Å²) in [7, 11) is 0. The standard InChI is InChI=1S/C23H29F6N3O3/c24-22(25,26)16-10-17(23(27,28)29)12-18(11-16)31-20(34)35-14-15-4-8-32(9-5-15)19(33)13-21(30)6-2-1-3-7-21/h10-12,15H,1-9,13-14,30H2,(H,31,34). The summed E-state index contributed by atoms with van der Waals surface area (Å²) >= 11 is 0. The van der Waals surface area contributed by atoms with Crippen LogP contribution in [0.4, 0.5) is 36.8 Å². The molecule has 3 N–H and O–H groups in total. The van der Waals surface area contributed by atoms with Gasteiger partial charge in [0.1, 0.15) is 0 Å². The third-order valence-corrected chi connectivity index (χ3v) is 6.60. The number of halogens is 6. The van der Waals surface area contributed by atoms with Crippen molar-refractivity contribution >= 4 is 17.7 Å². The molecule has 2 amide bonds. The van der Waals surface area contributed by atoms with E-state index in [2.05, 4.69) is 0 Å². The van der Waals surface area contributed by atoms with E-state index in [4.69, 9.17) is 10.5 Å². The Kier molecular flexibility index (Phi) is 8.23. The van der Waals surface area contributed by atoms with Crippen LogP contribution in [-0.2, 0) is 21.9 Å². The summed E-state index contributed by atoms with van der Waals surface area (Å²) in [4.78, 5) is 26.4. The highest BCUT2D eigenvalue weighted by Crippen LogP contribution is 2.37. The van der Waals surface area contributed by atoms with Crippen LogP contribution < -0.4 is 11.1 Å². The second kappa shape index (κ2) is 10.6. The Labute approximate surface area is 199 Å². The number of nitrogens with one attached hydrogen (secondary N) is 1. The average Bonchev–Trinajstić information content (AvgIpc) is 2.77. The third-order valence-electron chi connectivity index (χ3n) is 6.60. The quantitative estimate of drug-likeness (QED) is 0.509. The van der Waals surface area contributed by atoms with Crippen molar-refractivity contribution in [2.24, 2.45) is 11.7 Å². The highest BCUT2D eigenvalue weighted by molar-refractivity contribution is 5.85. The molecule has 1 saturated carbocycles. The van der Waals surface area contributed by atoms with E-state index in [1.807, 2.05) is 5.32 Å². The van der Waals surface area contributed by atoms with Crippen molar-refractivity contribution in [1.82, 2.24) is 4.90 Å². The molecule has 196 valence electrons. The summed E-state index contributed by atoms with van der Waals surface area (Å²) in [6.45, 7) is 0.861. The summed E-state index contributed by atoms with van der Waals surface area (Å²) in [6, 6.07) is 0.806. The van der Waals surface area contributed by atoms with Crippen LogP contribution in [0.2, 0.25) is 0 Å². The summed E-state index contributed by atoms with van der Waals surface area (Å²) in [5.74, 6) is -0.0879. The van der Waals surface area contributed by atoms with Crippen LogP contribution in [-0.4, -0.2) is 42.1 Å². The van der Waals surface area contributed by atoms with Gasteiger partial charge in [0.15, 0.2) is 0 Å². The molecular formula is C23H29F6N3O3. The number of carbonyl (C=O) groups excluding carboxylic acids is 2. The highest BCUT2D eigenvalue weighted by Gasteiger charge is 2.37. The van der Waals surface area contributed by atoms with E-state index in [-0.39, 0.29) is 24.5 Å². The van der Waals surface area contributed by atoms with Gasteiger partial charge in [0, 0.05) is 30.7 Å². The van der Waals surface area contributed by atoms with Gasteiger partial charge in [-0.15, -0.1) is 0 Å². The minimum absolute atomic E-state index is 0.00322. The zero-order chi connectivity index (χ0) is 25.9. The molecule has 1 aromatic carbocycles. The maximum Gasteiger partial charge on any atom is 0.416 e. The van der Waals surface area contributed by atoms with Crippen molar-refractivity contribution in [2.75, 3.05) is 25.0 Å². The molecule has 0 radical (unpaired) electrons. The number of hydrogen-bond acceptors (Lipinski definition) is 4. The largest absolute Gasteiger partial charge is 0.449 e. The number of amides is 2. The van der Waals surface area contributed by atoms with E-state index in [0.29, 0.717) is 44.5 Å². The van der Waals surface area contributed by atoms with Gasteiger partial charge in [0.05, 0.1) is 17.7 Å². The van der Waals surface area contributed by atoms with Gasteiger partial charge < -0.3 is 15.4 Å². The summed E-state index contributed by atoms with van der Waals surface area (Å²) < 4.78 is 82.8. The normalized spacial score (nSPS) is 19.3. The van der Waals surface area contributed by atoms with Gasteiger partial charge in [0.2, 0.25) is 5.91 Å². The average molecular weight is 509 g/mol. The molecule has 0 bridgehead atoms. The molecule has 0 unspecified atom stereocenters. The minimum atomic E-state index is -5.02. The molecule has 1 aliphatic carbocycles. The van der Waals surface area contributed by atoms with Crippen LogP contribution in [0.15, 0.2) is 18.2 Å². The Hall–Kier alpha value is -2.50. The summed E-state index contributed by atoms with van der Waals surface area (Å²) in [5.41, 5.74) is 2.17. The number of likely N-dealkylation sites (tertiary alicyclic amines) is 1. The molecule has 2 aliphatic rings. The fourth-order valence-electron chi connectivity index (χ4n) is 4.57. The van der Waals surface area contributed by atoms with Crippen LogP contribution >= 0.6 is 0 Å². The maximum atomic E-state index is 13.0. The first-order valence-electron chi connectivity index (χ1n) is 11.6. The molecule has 3 rings (SSSR count). The van der Waals surface area contributed by atoms with Crippen molar-refractivity contribution < 1.29 is 40.7 Å². The molecule has 35 heavy (non-hydrogen) atoms. The van der Waals surface area contributed by atoms with Crippen molar-refractivity contribution in [3.05, 3.63) is 29.3 Å². The van der Waals surface area contributed by atoms with Crippen molar-refractivity contribution in [1.29, 1.82) is 0 Å². The Morgan fingerprint density at radius 2 is 1.51 bits per heavy atom. The lowest BCUT2D eigenvalue weighted by molar-refractivity contribution is -0.143. The van der Waals surface area contributed by atoms with Gasteiger partial charge in [-0.25, -0.2) is 4.79 Å². The smallest absolute Gasteiger partial charge is 0.416 e. The molecule has 2 fully saturated rings. The second-order valence-electron chi connectivity index (χ2n) is 9.44. The highest BCUT2D eigenvalue weighted by atomic mass is 19.4. The number of carbonyl (C=O) groups is 2. The molecule has 6 nitrogen and oxygen atoms in total. The van der Waals surface area contributed by atoms with Gasteiger partial charge in [-0.05, 0) is 49.8 Å². The Morgan fingerprint density at radius 1 is 0.971 bits per heavy atom. The van der Waals surface area contributed by atoms with E-state index in [0.717, 1.165) is 32.1 Å². The van der Waals surface area contributed by atoms with Crippen LogP contribution in [0.5, 0.6) is 0 Å². The first-order valence-corrected chi connectivity index (χ1v) is 11.6. The number of ether oxygens (including phenoxy) is 1. The number of hydrogen-bond donors (Lipinski definition) is 2. The fraction of sp³-hybridized carbons (Fsp3) is 0.652. The fourth-order valence-corrected chi connectivity index (χ4v) is 4.57. The SMILES string of the molecule is NC1(CC(=O)N2CCC(COC(=O)Nc3cc(C(F)(F)F)cc(C(F)(F)F)c3)CC2)CCCCC1. The Balaban J connectivity index is 1.48. The summed E-state index contributed by atoms with van der Waals surface area (Å²) in [5, 5.41) is 1.94. The van der Waals surface area contributed by atoms with E-state index in [9.17, 15) is 35.9 Å². The number of rotatable bonds is 5. The van der Waals surface area contributed by atoms with Gasteiger partial charge >= 0.3 is 18.4 Å². The lowest BCUT2D eigenvalue weighted by atomic mass is 9.80. The predicted molar refractivity (Wildman–Crippen MR) is 115 cm³/mol. The van der Waals surface area contributed by atoms with Crippen LogP contribution in [0.3, 0.4) is 0 Å². The zero-order valence-corrected chi connectivity index (χ0v) is 19.1. The molecule has 0 aromatic heterocycles. The lowest BCUT2D eigenvalue weighted by Crippen LogP contribution is -2.48. The van der Waals surface area contributed by atoms with E-state index in [1.54, 1.807) is 4.90 Å². The molecule has 1 heterocycles. The van der Waals surface area contributed by atoms with Crippen molar-refractivity contribution in [3.8, 4) is 0 Å². The maximum absolute atomic E-state index is 13.0. The van der Waals surface area contributed by atoms with Gasteiger partial charge in [-0.2, -0.15) is 26.3 Å². The Bertz CT molecular complexity index is 872. The molecule has 1 aliphatic heterocycles. The summed E-state index contributed by atoms with van der Waals surface area (Å²) in [6.07, 6.45) is -4.97. The number of benzene rings is 1. The number of nitrogens with two attached hydrogens (primary N) is 1. The van der Waals surface area contributed by atoms with Crippen molar-refractivity contribution in [3.63, 3.8) is 0 Å². The molecule has 1 saturated heterocycles. The molecular weight excluding hydrogens is 480 g/mol. The Morgan fingerprint density at radius 3 is 2.03 bits per heavy atom. The molecule has 0 atom stereocenters. The number of nitrogens with zero attached hydrogens (tertiary/aromatic N) is 1. The van der Waals surface area contributed by atoms with Gasteiger partial charge in [-0.1, -0.05) is 19.3 Å². The molecule has 12 heteroatoms. The molecule has 1 aromatic rings. The van der Waals surface area contributed by atoms with Crippen LogP contribution in [0.1, 0.15) is 62.5 Å². The van der Waals surface area contributed by atoms with E-state index in [1.165, 1.54) is 0 Å². The topological polar surface area (TPSA) is 84.7 Å². The third kappa shape index (κ3) is 7.74. The van der Waals surface area contributed by atoms with Crippen molar-refractivity contribution in [2.45, 2.75) is 69.3 Å². The zero-order valence-electron chi connectivity index (χ0n) is 19.1. The van der Waals surface area contributed by atoms with Crippen LogP contribution in [0.25, 0.3) is 0 Å². The lowest BCUT2D eigenvalue weighted by Gasteiger charge is -2.37. The first-order chi connectivity index (χ1) is 16.2. The van der Waals surface area contributed by atoms with E-state index < -0.39 is 40.8 Å².